The minimum absolute atomic E-state index is 0.234. The van der Waals surface area contributed by atoms with Crippen LogP contribution in [0, 0.1) is 0 Å². The van der Waals surface area contributed by atoms with Gasteiger partial charge in [-0.1, -0.05) is 6.92 Å². The molecule has 3 N–H and O–H groups in total. The standard InChI is InChI=1S/C10H20N4/c1-3-5-13-9(6-11)10-7-12-8-14(10)4-2/h7-9,13H,3-6,11H2,1-2H3. The Labute approximate surface area is 85.5 Å². The number of imidazole rings is 1. The highest BCUT2D eigenvalue weighted by Gasteiger charge is 2.12. The predicted molar refractivity (Wildman–Crippen MR) is 58.0 cm³/mol. The highest BCUT2D eigenvalue weighted by atomic mass is 15.1. The average Bonchev–Trinajstić information content (AvgIpc) is 2.67. The summed E-state index contributed by atoms with van der Waals surface area (Å²) in [5.41, 5.74) is 6.91. The third kappa shape index (κ3) is 2.56. The van der Waals surface area contributed by atoms with Crippen LogP contribution in [0.4, 0.5) is 0 Å². The van der Waals surface area contributed by atoms with E-state index in [2.05, 4.69) is 28.7 Å². The van der Waals surface area contributed by atoms with Crippen LogP contribution in [0.1, 0.15) is 32.0 Å². The van der Waals surface area contributed by atoms with Gasteiger partial charge in [0.25, 0.3) is 0 Å². The molecule has 1 aromatic heterocycles. The second kappa shape index (κ2) is 5.78. The summed E-state index contributed by atoms with van der Waals surface area (Å²) in [6.45, 7) is 6.82. The molecule has 4 nitrogen and oxygen atoms in total. The number of hydrogen-bond acceptors (Lipinski definition) is 3. The van der Waals surface area contributed by atoms with E-state index in [0.29, 0.717) is 6.54 Å². The fraction of sp³-hybridized carbons (Fsp3) is 0.700. The molecule has 0 spiro atoms. The van der Waals surface area contributed by atoms with Crippen LogP contribution in [0.2, 0.25) is 0 Å². The molecule has 80 valence electrons. The van der Waals surface area contributed by atoms with Crippen molar-refractivity contribution in [1.29, 1.82) is 0 Å². The van der Waals surface area contributed by atoms with Crippen molar-refractivity contribution in [3.05, 3.63) is 18.2 Å². The second-order valence-electron chi connectivity index (χ2n) is 3.35. The van der Waals surface area contributed by atoms with Crippen LogP contribution in [0.15, 0.2) is 12.5 Å². The SMILES string of the molecule is CCCNC(CN)c1cncn1CC. The van der Waals surface area contributed by atoms with Crippen LogP contribution in [-0.2, 0) is 6.54 Å². The lowest BCUT2D eigenvalue weighted by Crippen LogP contribution is -2.30. The quantitative estimate of drug-likeness (QED) is 0.711. The van der Waals surface area contributed by atoms with Crippen molar-refractivity contribution in [3.63, 3.8) is 0 Å². The Hall–Kier alpha value is -0.870. The zero-order chi connectivity index (χ0) is 10.4. The number of nitrogens with zero attached hydrogens (tertiary/aromatic N) is 2. The van der Waals surface area contributed by atoms with E-state index < -0.39 is 0 Å². The summed E-state index contributed by atoms with van der Waals surface area (Å²) in [5.74, 6) is 0. The minimum atomic E-state index is 0.234. The van der Waals surface area contributed by atoms with Crippen LogP contribution in [0.25, 0.3) is 0 Å². The van der Waals surface area contributed by atoms with E-state index >= 15 is 0 Å². The van der Waals surface area contributed by atoms with Gasteiger partial charge in [0.2, 0.25) is 0 Å². The van der Waals surface area contributed by atoms with Crippen molar-refractivity contribution in [2.45, 2.75) is 32.9 Å². The van der Waals surface area contributed by atoms with Gasteiger partial charge in [-0.15, -0.1) is 0 Å². The molecule has 0 amide bonds. The number of aromatic nitrogens is 2. The molecule has 1 rings (SSSR count). The van der Waals surface area contributed by atoms with Crippen molar-refractivity contribution in [2.75, 3.05) is 13.1 Å². The molecule has 1 heterocycles. The summed E-state index contributed by atoms with van der Waals surface area (Å²) in [4.78, 5) is 4.14. The van der Waals surface area contributed by atoms with Gasteiger partial charge in [0, 0.05) is 19.3 Å². The zero-order valence-corrected chi connectivity index (χ0v) is 9.03. The highest BCUT2D eigenvalue weighted by Crippen LogP contribution is 2.10. The van der Waals surface area contributed by atoms with Crippen molar-refractivity contribution in [1.82, 2.24) is 14.9 Å². The first kappa shape index (κ1) is 11.2. The van der Waals surface area contributed by atoms with Gasteiger partial charge in [-0.2, -0.15) is 0 Å². The topological polar surface area (TPSA) is 55.9 Å². The summed E-state index contributed by atoms with van der Waals surface area (Å²) in [6, 6.07) is 0.234. The third-order valence-corrected chi connectivity index (χ3v) is 2.32. The summed E-state index contributed by atoms with van der Waals surface area (Å²) < 4.78 is 2.13. The van der Waals surface area contributed by atoms with Gasteiger partial charge in [-0.3, -0.25) is 0 Å². The fourth-order valence-corrected chi connectivity index (χ4v) is 1.51. The number of rotatable bonds is 6. The van der Waals surface area contributed by atoms with Crippen LogP contribution in [0.5, 0.6) is 0 Å². The lowest BCUT2D eigenvalue weighted by molar-refractivity contribution is 0.505. The van der Waals surface area contributed by atoms with Crippen molar-refractivity contribution in [2.24, 2.45) is 5.73 Å². The largest absolute Gasteiger partial charge is 0.333 e. The summed E-state index contributed by atoms with van der Waals surface area (Å²) in [7, 11) is 0. The Balaban J connectivity index is 2.67. The lowest BCUT2D eigenvalue weighted by Gasteiger charge is -2.17. The van der Waals surface area contributed by atoms with Crippen LogP contribution >= 0.6 is 0 Å². The lowest BCUT2D eigenvalue weighted by atomic mass is 10.2. The van der Waals surface area contributed by atoms with Gasteiger partial charge in [0.15, 0.2) is 0 Å². The first-order valence-corrected chi connectivity index (χ1v) is 5.26. The average molecular weight is 196 g/mol. The van der Waals surface area contributed by atoms with E-state index in [4.69, 9.17) is 5.73 Å². The number of hydrogen-bond donors (Lipinski definition) is 2. The minimum Gasteiger partial charge on any atom is -0.333 e. The molecule has 0 aliphatic carbocycles. The first-order valence-electron chi connectivity index (χ1n) is 5.26. The molecule has 0 saturated heterocycles. The molecule has 0 saturated carbocycles. The highest BCUT2D eigenvalue weighted by molar-refractivity contribution is 5.05. The molecule has 14 heavy (non-hydrogen) atoms. The van der Waals surface area contributed by atoms with Gasteiger partial charge in [0.05, 0.1) is 18.1 Å². The predicted octanol–water partition coefficient (Wildman–Crippen LogP) is 0.902. The van der Waals surface area contributed by atoms with Gasteiger partial charge in [-0.25, -0.2) is 4.98 Å². The Morgan fingerprint density at radius 2 is 2.36 bits per heavy atom. The van der Waals surface area contributed by atoms with E-state index in [0.717, 1.165) is 19.5 Å². The molecular formula is C10H20N4. The first-order chi connectivity index (χ1) is 6.83. The van der Waals surface area contributed by atoms with E-state index in [-0.39, 0.29) is 6.04 Å². The van der Waals surface area contributed by atoms with E-state index in [1.54, 1.807) is 0 Å². The number of nitrogens with two attached hydrogens (primary N) is 1. The summed E-state index contributed by atoms with van der Waals surface area (Å²) in [5, 5.41) is 3.41. The Morgan fingerprint density at radius 1 is 1.57 bits per heavy atom. The maximum Gasteiger partial charge on any atom is 0.0948 e. The molecular weight excluding hydrogens is 176 g/mol. The summed E-state index contributed by atoms with van der Waals surface area (Å²) >= 11 is 0. The Morgan fingerprint density at radius 3 is 2.93 bits per heavy atom. The van der Waals surface area contributed by atoms with Crippen molar-refractivity contribution in [3.8, 4) is 0 Å². The molecule has 0 bridgehead atoms. The molecule has 1 atom stereocenters. The number of aryl methyl sites for hydroxylation is 1. The maximum atomic E-state index is 5.72. The van der Waals surface area contributed by atoms with Crippen molar-refractivity contribution < 1.29 is 0 Å². The molecule has 1 aromatic rings. The normalized spacial score (nSPS) is 13.1. The molecule has 0 fully saturated rings. The van der Waals surface area contributed by atoms with E-state index in [1.165, 1.54) is 5.69 Å². The van der Waals surface area contributed by atoms with E-state index in [1.807, 2.05) is 12.5 Å². The Bertz CT molecular complexity index is 256. The molecule has 0 aliphatic heterocycles. The van der Waals surface area contributed by atoms with Gasteiger partial charge in [-0.05, 0) is 19.9 Å². The van der Waals surface area contributed by atoms with Gasteiger partial charge in [0.1, 0.15) is 0 Å². The van der Waals surface area contributed by atoms with Crippen LogP contribution in [-0.4, -0.2) is 22.6 Å². The van der Waals surface area contributed by atoms with Crippen LogP contribution < -0.4 is 11.1 Å². The second-order valence-corrected chi connectivity index (χ2v) is 3.35. The van der Waals surface area contributed by atoms with E-state index in [9.17, 15) is 0 Å². The van der Waals surface area contributed by atoms with Gasteiger partial charge >= 0.3 is 0 Å². The molecule has 0 aromatic carbocycles. The smallest absolute Gasteiger partial charge is 0.0948 e. The molecule has 4 heteroatoms. The molecule has 0 aliphatic rings. The number of nitrogens with one attached hydrogen (secondary N) is 1. The van der Waals surface area contributed by atoms with Gasteiger partial charge < -0.3 is 15.6 Å². The summed E-state index contributed by atoms with van der Waals surface area (Å²) in [6.07, 6.45) is 4.87. The monoisotopic (exact) mass is 196 g/mol. The molecule has 1 unspecified atom stereocenters. The zero-order valence-electron chi connectivity index (χ0n) is 9.03. The maximum absolute atomic E-state index is 5.72. The molecule has 0 radical (unpaired) electrons. The Kier molecular flexibility index (Phi) is 4.62. The van der Waals surface area contributed by atoms with Crippen molar-refractivity contribution >= 4 is 0 Å². The third-order valence-electron chi connectivity index (χ3n) is 2.32. The fourth-order valence-electron chi connectivity index (χ4n) is 1.51. The van der Waals surface area contributed by atoms with Crippen LogP contribution in [0.3, 0.4) is 0 Å².